The second-order valence-electron chi connectivity index (χ2n) is 7.66. The number of carbonyl (C=O) groups excluding carboxylic acids is 4. The SMILES string of the molecule is CCCCCCCCCc1cccc2c1C(=O)N(C1CCC(=O)NC1=O)C2=O. The molecule has 0 aromatic heterocycles. The van der Waals surface area contributed by atoms with E-state index < -0.39 is 23.8 Å². The molecule has 3 rings (SSSR count). The largest absolute Gasteiger partial charge is 0.295 e. The van der Waals surface area contributed by atoms with Gasteiger partial charge in [-0.25, -0.2) is 0 Å². The Kier molecular flexibility index (Phi) is 6.60. The van der Waals surface area contributed by atoms with Crippen LogP contribution < -0.4 is 5.32 Å². The lowest BCUT2D eigenvalue weighted by Gasteiger charge is -2.27. The maximum Gasteiger partial charge on any atom is 0.262 e. The van der Waals surface area contributed by atoms with E-state index in [0.717, 1.165) is 29.7 Å². The zero-order valence-corrected chi connectivity index (χ0v) is 16.5. The van der Waals surface area contributed by atoms with Gasteiger partial charge in [0.25, 0.3) is 11.8 Å². The summed E-state index contributed by atoms with van der Waals surface area (Å²) in [5.41, 5.74) is 1.68. The van der Waals surface area contributed by atoms with Gasteiger partial charge in [-0.1, -0.05) is 57.6 Å². The number of nitrogens with one attached hydrogen (secondary N) is 1. The lowest BCUT2D eigenvalue weighted by Crippen LogP contribution is -2.54. The van der Waals surface area contributed by atoms with Gasteiger partial charge in [0.1, 0.15) is 6.04 Å². The van der Waals surface area contributed by atoms with Crippen LogP contribution in [0.1, 0.15) is 91.0 Å². The van der Waals surface area contributed by atoms with Crippen LogP contribution in [0.5, 0.6) is 0 Å². The smallest absolute Gasteiger partial charge is 0.262 e. The summed E-state index contributed by atoms with van der Waals surface area (Å²) in [7, 11) is 0. The Morgan fingerprint density at radius 2 is 1.68 bits per heavy atom. The lowest BCUT2D eigenvalue weighted by atomic mass is 9.97. The summed E-state index contributed by atoms with van der Waals surface area (Å²) in [6, 6.07) is 4.44. The number of unbranched alkanes of at least 4 members (excludes halogenated alkanes) is 6. The third-order valence-corrected chi connectivity index (χ3v) is 5.60. The summed E-state index contributed by atoms with van der Waals surface area (Å²) in [5.74, 6) is -1.78. The molecule has 2 aliphatic rings. The summed E-state index contributed by atoms with van der Waals surface area (Å²) in [6.45, 7) is 2.20. The highest BCUT2D eigenvalue weighted by Gasteiger charge is 2.45. The summed E-state index contributed by atoms with van der Waals surface area (Å²) in [6.07, 6.45) is 9.35. The molecule has 1 aromatic rings. The Morgan fingerprint density at radius 1 is 0.964 bits per heavy atom. The molecule has 1 N–H and O–H groups in total. The van der Waals surface area contributed by atoms with Gasteiger partial charge in [-0.2, -0.15) is 0 Å². The van der Waals surface area contributed by atoms with Crippen molar-refractivity contribution in [2.45, 2.75) is 77.2 Å². The summed E-state index contributed by atoms with van der Waals surface area (Å²) < 4.78 is 0. The van der Waals surface area contributed by atoms with Crippen LogP contribution in [0.15, 0.2) is 18.2 Å². The number of aryl methyl sites for hydroxylation is 1. The highest BCUT2D eigenvalue weighted by molar-refractivity contribution is 6.24. The third kappa shape index (κ3) is 4.16. The van der Waals surface area contributed by atoms with E-state index in [1.54, 1.807) is 12.1 Å². The second kappa shape index (κ2) is 9.13. The molecule has 28 heavy (non-hydrogen) atoms. The van der Waals surface area contributed by atoms with Gasteiger partial charge >= 0.3 is 0 Å². The van der Waals surface area contributed by atoms with E-state index in [1.807, 2.05) is 6.07 Å². The number of benzene rings is 1. The molecule has 2 aliphatic heterocycles. The predicted octanol–water partition coefficient (Wildman–Crippen LogP) is 3.38. The van der Waals surface area contributed by atoms with Crippen molar-refractivity contribution in [2.75, 3.05) is 0 Å². The van der Waals surface area contributed by atoms with E-state index >= 15 is 0 Å². The Bertz CT molecular complexity index is 787. The topological polar surface area (TPSA) is 83.6 Å². The maximum atomic E-state index is 13.0. The number of imide groups is 2. The molecule has 1 unspecified atom stereocenters. The standard InChI is InChI=1S/C22H28N2O4/c1-2-3-4-5-6-7-8-10-15-11-9-12-16-19(15)22(28)24(21(16)27)17-13-14-18(25)23-20(17)26/h9,11-12,17H,2-8,10,13-14H2,1H3,(H,23,25,26). The molecule has 4 amide bonds. The van der Waals surface area contributed by atoms with Gasteiger partial charge in [-0.3, -0.25) is 29.4 Å². The van der Waals surface area contributed by atoms with Gasteiger partial charge in [-0.15, -0.1) is 0 Å². The molecular formula is C22H28N2O4. The number of amides is 4. The maximum absolute atomic E-state index is 13.0. The molecule has 6 heteroatoms. The number of nitrogens with zero attached hydrogens (tertiary/aromatic N) is 1. The Morgan fingerprint density at radius 3 is 2.39 bits per heavy atom. The van der Waals surface area contributed by atoms with E-state index in [0.29, 0.717) is 11.1 Å². The molecule has 1 aromatic carbocycles. The van der Waals surface area contributed by atoms with E-state index in [-0.39, 0.29) is 18.7 Å². The highest BCUT2D eigenvalue weighted by atomic mass is 16.2. The van der Waals surface area contributed by atoms with Crippen LogP contribution in [0.25, 0.3) is 0 Å². The molecule has 0 spiro atoms. The van der Waals surface area contributed by atoms with E-state index in [4.69, 9.17) is 0 Å². The van der Waals surface area contributed by atoms with Gasteiger partial charge < -0.3 is 0 Å². The first-order valence-corrected chi connectivity index (χ1v) is 10.4. The summed E-state index contributed by atoms with van der Waals surface area (Å²) in [5, 5.41) is 2.23. The average Bonchev–Trinajstić information content (AvgIpc) is 2.93. The average molecular weight is 384 g/mol. The van der Waals surface area contributed by atoms with E-state index in [1.165, 1.54) is 32.1 Å². The fraction of sp³-hybridized carbons (Fsp3) is 0.545. The fourth-order valence-electron chi connectivity index (χ4n) is 4.07. The molecule has 2 heterocycles. The first-order chi connectivity index (χ1) is 13.5. The quantitative estimate of drug-likeness (QED) is 0.523. The molecule has 0 radical (unpaired) electrons. The van der Waals surface area contributed by atoms with Gasteiger partial charge in [0, 0.05) is 6.42 Å². The van der Waals surface area contributed by atoms with Crippen LogP contribution in [0.4, 0.5) is 0 Å². The molecule has 0 bridgehead atoms. The Balaban J connectivity index is 1.66. The van der Waals surface area contributed by atoms with Crippen LogP contribution in [-0.2, 0) is 16.0 Å². The van der Waals surface area contributed by atoms with E-state index in [2.05, 4.69) is 12.2 Å². The van der Waals surface area contributed by atoms with Gasteiger partial charge in [0.05, 0.1) is 11.1 Å². The van der Waals surface area contributed by atoms with Crippen molar-refractivity contribution < 1.29 is 19.2 Å². The van der Waals surface area contributed by atoms with Crippen molar-refractivity contribution in [2.24, 2.45) is 0 Å². The monoisotopic (exact) mass is 384 g/mol. The fourth-order valence-corrected chi connectivity index (χ4v) is 4.07. The number of piperidine rings is 1. The van der Waals surface area contributed by atoms with Crippen molar-refractivity contribution in [1.82, 2.24) is 10.2 Å². The number of rotatable bonds is 9. The van der Waals surface area contributed by atoms with Crippen LogP contribution in [0.2, 0.25) is 0 Å². The first kappa shape index (κ1) is 20.2. The zero-order chi connectivity index (χ0) is 20.1. The lowest BCUT2D eigenvalue weighted by molar-refractivity contribution is -0.136. The van der Waals surface area contributed by atoms with Crippen molar-refractivity contribution in [3.05, 3.63) is 34.9 Å². The minimum absolute atomic E-state index is 0.134. The molecule has 0 saturated carbocycles. The highest BCUT2D eigenvalue weighted by Crippen LogP contribution is 2.30. The van der Waals surface area contributed by atoms with Crippen LogP contribution >= 0.6 is 0 Å². The normalized spacial score (nSPS) is 19.2. The number of fused-ring (bicyclic) bond motifs is 1. The second-order valence-corrected chi connectivity index (χ2v) is 7.66. The van der Waals surface area contributed by atoms with Crippen molar-refractivity contribution in [3.8, 4) is 0 Å². The summed E-state index contributed by atoms with van der Waals surface area (Å²) in [4.78, 5) is 50.4. The van der Waals surface area contributed by atoms with Gasteiger partial charge in [-0.05, 0) is 30.9 Å². The first-order valence-electron chi connectivity index (χ1n) is 10.4. The van der Waals surface area contributed by atoms with Crippen LogP contribution in [0.3, 0.4) is 0 Å². The van der Waals surface area contributed by atoms with Crippen LogP contribution in [-0.4, -0.2) is 34.6 Å². The minimum atomic E-state index is -0.906. The van der Waals surface area contributed by atoms with Crippen LogP contribution in [0, 0.1) is 0 Å². The molecule has 150 valence electrons. The molecular weight excluding hydrogens is 356 g/mol. The molecule has 1 fully saturated rings. The molecule has 0 aliphatic carbocycles. The van der Waals surface area contributed by atoms with Crippen molar-refractivity contribution >= 4 is 23.6 Å². The van der Waals surface area contributed by atoms with Crippen molar-refractivity contribution in [3.63, 3.8) is 0 Å². The van der Waals surface area contributed by atoms with Crippen molar-refractivity contribution in [1.29, 1.82) is 0 Å². The number of hydrogen-bond acceptors (Lipinski definition) is 4. The van der Waals surface area contributed by atoms with Gasteiger partial charge in [0.2, 0.25) is 11.8 Å². The van der Waals surface area contributed by atoms with Gasteiger partial charge in [0.15, 0.2) is 0 Å². The summed E-state index contributed by atoms with van der Waals surface area (Å²) >= 11 is 0. The zero-order valence-electron chi connectivity index (χ0n) is 16.5. The molecule has 1 saturated heterocycles. The molecule has 6 nitrogen and oxygen atoms in total. The van der Waals surface area contributed by atoms with E-state index in [9.17, 15) is 19.2 Å². The Hall–Kier alpha value is -2.50. The molecule has 1 atom stereocenters. The number of hydrogen-bond donors (Lipinski definition) is 1. The predicted molar refractivity (Wildman–Crippen MR) is 105 cm³/mol. The number of carbonyl (C=O) groups is 4. The third-order valence-electron chi connectivity index (χ3n) is 5.60. The Labute approximate surface area is 165 Å². The minimum Gasteiger partial charge on any atom is -0.295 e.